The molecule has 1 amide bonds. The number of hydrogen-bond acceptors (Lipinski definition) is 3. The Kier molecular flexibility index (Phi) is 4.04. The zero-order valence-electron chi connectivity index (χ0n) is 9.36. The van der Waals surface area contributed by atoms with Crippen molar-refractivity contribution in [3.05, 3.63) is 17.5 Å². The number of rotatable bonds is 5. The van der Waals surface area contributed by atoms with Crippen molar-refractivity contribution in [3.8, 4) is 0 Å². The molecule has 0 radical (unpaired) electrons. The Bertz CT molecular complexity index is 398. The van der Waals surface area contributed by atoms with E-state index in [4.69, 9.17) is 5.11 Å². The summed E-state index contributed by atoms with van der Waals surface area (Å²) in [4.78, 5) is 21.7. The molecule has 0 aliphatic heterocycles. The number of nitrogens with zero attached hydrogens (tertiary/aromatic N) is 2. The molecule has 0 atom stereocenters. The Labute approximate surface area is 93.3 Å². The Morgan fingerprint density at radius 3 is 2.75 bits per heavy atom. The number of aryl methyl sites for hydroxylation is 1. The van der Waals surface area contributed by atoms with Crippen molar-refractivity contribution >= 4 is 11.9 Å². The van der Waals surface area contributed by atoms with Crippen molar-refractivity contribution in [2.45, 2.75) is 26.3 Å². The van der Waals surface area contributed by atoms with E-state index in [-0.39, 0.29) is 11.5 Å². The van der Waals surface area contributed by atoms with Gasteiger partial charge < -0.3 is 10.4 Å². The van der Waals surface area contributed by atoms with Gasteiger partial charge in [-0.2, -0.15) is 5.10 Å². The Hall–Kier alpha value is -1.85. The third-order valence-corrected chi connectivity index (χ3v) is 2.39. The molecule has 2 N–H and O–H groups in total. The van der Waals surface area contributed by atoms with E-state index in [2.05, 4.69) is 10.4 Å². The summed E-state index contributed by atoms with van der Waals surface area (Å²) in [5, 5.41) is 15.3. The summed E-state index contributed by atoms with van der Waals surface area (Å²) < 4.78 is 1.60. The highest BCUT2D eigenvalue weighted by Gasteiger charge is 2.12. The smallest absolute Gasteiger partial charge is 0.339 e. The van der Waals surface area contributed by atoms with Gasteiger partial charge in [-0.25, -0.2) is 4.79 Å². The Balaban J connectivity index is 2.55. The number of aromatic nitrogens is 2. The first-order valence-corrected chi connectivity index (χ1v) is 5.02. The van der Waals surface area contributed by atoms with Crippen LogP contribution in [0.3, 0.4) is 0 Å². The van der Waals surface area contributed by atoms with Crippen LogP contribution in [0.25, 0.3) is 0 Å². The minimum atomic E-state index is -0.977. The first-order chi connectivity index (χ1) is 7.56. The standard InChI is InChI=1S/C10H15N3O3/c1-7-8(10(15)16)6-12-13(7)5-3-4-9(14)11-2/h6H,3-5H2,1-2H3,(H,11,14)(H,15,16). The lowest BCUT2D eigenvalue weighted by Crippen LogP contribution is -2.18. The van der Waals surface area contributed by atoms with Crippen molar-refractivity contribution in [3.63, 3.8) is 0 Å². The summed E-state index contributed by atoms with van der Waals surface area (Å²) in [7, 11) is 1.59. The molecule has 0 bridgehead atoms. The van der Waals surface area contributed by atoms with Gasteiger partial charge in [0.1, 0.15) is 5.56 Å². The predicted molar refractivity (Wildman–Crippen MR) is 57.2 cm³/mol. The van der Waals surface area contributed by atoms with E-state index in [1.807, 2.05) is 0 Å². The van der Waals surface area contributed by atoms with Gasteiger partial charge in [0.25, 0.3) is 0 Å². The minimum absolute atomic E-state index is 0.0248. The second-order valence-corrected chi connectivity index (χ2v) is 3.45. The molecule has 0 fully saturated rings. The maximum Gasteiger partial charge on any atom is 0.339 e. The van der Waals surface area contributed by atoms with Gasteiger partial charge in [-0.3, -0.25) is 9.48 Å². The fraction of sp³-hybridized carbons (Fsp3) is 0.500. The van der Waals surface area contributed by atoms with Crippen LogP contribution in [0.1, 0.15) is 28.9 Å². The molecule has 0 unspecified atom stereocenters. The highest BCUT2D eigenvalue weighted by atomic mass is 16.4. The van der Waals surface area contributed by atoms with Crippen molar-refractivity contribution in [1.29, 1.82) is 0 Å². The lowest BCUT2D eigenvalue weighted by atomic mass is 10.2. The van der Waals surface area contributed by atoms with Gasteiger partial charge in [0.05, 0.1) is 6.20 Å². The molecule has 0 aliphatic carbocycles. The average Bonchev–Trinajstić information content (AvgIpc) is 2.60. The van der Waals surface area contributed by atoms with E-state index in [1.165, 1.54) is 6.20 Å². The predicted octanol–water partition coefficient (Wildman–Crippen LogP) is 0.416. The molecular formula is C10H15N3O3. The molecule has 0 saturated heterocycles. The topological polar surface area (TPSA) is 84.2 Å². The van der Waals surface area contributed by atoms with Crippen LogP contribution in [-0.4, -0.2) is 33.8 Å². The van der Waals surface area contributed by atoms with E-state index < -0.39 is 5.97 Å². The average molecular weight is 225 g/mol. The lowest BCUT2D eigenvalue weighted by Gasteiger charge is -2.04. The van der Waals surface area contributed by atoms with Gasteiger partial charge in [-0.15, -0.1) is 0 Å². The van der Waals surface area contributed by atoms with Gasteiger partial charge >= 0.3 is 5.97 Å². The first kappa shape index (κ1) is 12.2. The van der Waals surface area contributed by atoms with E-state index in [9.17, 15) is 9.59 Å². The number of carbonyl (C=O) groups is 2. The number of aromatic carboxylic acids is 1. The molecule has 1 heterocycles. The molecule has 0 aliphatic rings. The zero-order valence-corrected chi connectivity index (χ0v) is 9.36. The Morgan fingerprint density at radius 2 is 2.25 bits per heavy atom. The fourth-order valence-corrected chi connectivity index (χ4v) is 1.40. The van der Waals surface area contributed by atoms with Gasteiger partial charge in [0, 0.05) is 25.7 Å². The van der Waals surface area contributed by atoms with E-state index in [0.29, 0.717) is 25.1 Å². The van der Waals surface area contributed by atoms with Crippen LogP contribution in [0, 0.1) is 6.92 Å². The van der Waals surface area contributed by atoms with Crippen LogP contribution >= 0.6 is 0 Å². The lowest BCUT2D eigenvalue weighted by molar-refractivity contribution is -0.120. The number of carbonyl (C=O) groups excluding carboxylic acids is 1. The molecule has 0 saturated carbocycles. The van der Waals surface area contributed by atoms with Crippen molar-refractivity contribution in [2.75, 3.05) is 7.05 Å². The molecule has 6 heteroatoms. The van der Waals surface area contributed by atoms with E-state index in [1.54, 1.807) is 18.7 Å². The highest BCUT2D eigenvalue weighted by Crippen LogP contribution is 2.08. The largest absolute Gasteiger partial charge is 0.478 e. The second-order valence-electron chi connectivity index (χ2n) is 3.45. The molecule has 1 rings (SSSR count). The number of hydrogen-bond donors (Lipinski definition) is 2. The molecular weight excluding hydrogens is 210 g/mol. The summed E-state index contributed by atoms with van der Waals surface area (Å²) in [5.74, 6) is -1.00. The van der Waals surface area contributed by atoms with Gasteiger partial charge in [-0.1, -0.05) is 0 Å². The number of nitrogens with one attached hydrogen (secondary N) is 1. The van der Waals surface area contributed by atoms with Crippen LogP contribution in [0.4, 0.5) is 0 Å². The third kappa shape index (κ3) is 2.82. The van der Waals surface area contributed by atoms with E-state index in [0.717, 1.165) is 0 Å². The first-order valence-electron chi connectivity index (χ1n) is 5.02. The van der Waals surface area contributed by atoms with Crippen LogP contribution in [0.5, 0.6) is 0 Å². The molecule has 16 heavy (non-hydrogen) atoms. The summed E-state index contributed by atoms with van der Waals surface area (Å²) in [6, 6.07) is 0. The van der Waals surface area contributed by atoms with Crippen molar-refractivity contribution < 1.29 is 14.7 Å². The highest BCUT2D eigenvalue weighted by molar-refractivity contribution is 5.88. The maximum atomic E-state index is 11.0. The summed E-state index contributed by atoms with van der Waals surface area (Å²) in [6.45, 7) is 2.25. The quantitative estimate of drug-likeness (QED) is 0.760. The molecule has 1 aromatic heterocycles. The summed E-state index contributed by atoms with van der Waals surface area (Å²) in [6.07, 6.45) is 2.39. The molecule has 6 nitrogen and oxygen atoms in total. The molecule has 1 aromatic rings. The van der Waals surface area contributed by atoms with Crippen molar-refractivity contribution in [2.24, 2.45) is 0 Å². The van der Waals surface area contributed by atoms with Gasteiger partial charge in [-0.05, 0) is 13.3 Å². The minimum Gasteiger partial charge on any atom is -0.478 e. The van der Waals surface area contributed by atoms with Crippen LogP contribution in [0.15, 0.2) is 6.20 Å². The Morgan fingerprint density at radius 1 is 1.56 bits per heavy atom. The monoisotopic (exact) mass is 225 g/mol. The zero-order chi connectivity index (χ0) is 12.1. The van der Waals surface area contributed by atoms with E-state index >= 15 is 0 Å². The molecule has 88 valence electrons. The third-order valence-electron chi connectivity index (χ3n) is 2.39. The van der Waals surface area contributed by atoms with Gasteiger partial charge in [0.2, 0.25) is 5.91 Å². The SMILES string of the molecule is CNC(=O)CCCn1ncc(C(=O)O)c1C. The van der Waals surface area contributed by atoms with Crippen molar-refractivity contribution in [1.82, 2.24) is 15.1 Å². The maximum absolute atomic E-state index is 11.0. The van der Waals surface area contributed by atoms with Crippen LogP contribution in [-0.2, 0) is 11.3 Å². The van der Waals surface area contributed by atoms with Gasteiger partial charge in [0.15, 0.2) is 0 Å². The van der Waals surface area contributed by atoms with Crippen LogP contribution in [0.2, 0.25) is 0 Å². The molecule has 0 aromatic carbocycles. The number of carboxylic acid groups (broad SMARTS) is 1. The normalized spacial score (nSPS) is 10.1. The van der Waals surface area contributed by atoms with Crippen LogP contribution < -0.4 is 5.32 Å². The second kappa shape index (κ2) is 5.29. The number of carboxylic acids is 1. The summed E-state index contributed by atoms with van der Waals surface area (Å²) in [5.41, 5.74) is 0.823. The molecule has 0 spiro atoms. The summed E-state index contributed by atoms with van der Waals surface area (Å²) >= 11 is 0. The number of amides is 1. The fourth-order valence-electron chi connectivity index (χ4n) is 1.40.